The van der Waals surface area contributed by atoms with Gasteiger partial charge in [0.05, 0.1) is 17.2 Å². The van der Waals surface area contributed by atoms with E-state index in [0.717, 1.165) is 42.9 Å². The molecule has 2 aliphatic heterocycles. The second kappa shape index (κ2) is 10.8. The van der Waals surface area contributed by atoms with E-state index in [1.165, 1.54) is 12.0 Å². The van der Waals surface area contributed by atoms with Gasteiger partial charge < -0.3 is 9.80 Å². The molecule has 7 nitrogen and oxygen atoms in total. The minimum Gasteiger partial charge on any atom is -0.371 e. The zero-order valence-corrected chi connectivity index (χ0v) is 22.4. The minimum atomic E-state index is -0.391. The van der Waals surface area contributed by atoms with E-state index in [9.17, 15) is 14.9 Å². The third-order valence-corrected chi connectivity index (χ3v) is 7.70. The Morgan fingerprint density at radius 3 is 2.32 bits per heavy atom. The van der Waals surface area contributed by atoms with E-state index < -0.39 is 4.92 Å². The van der Waals surface area contributed by atoms with Crippen LogP contribution in [-0.2, 0) is 4.79 Å². The predicted octanol–water partition coefficient (Wildman–Crippen LogP) is 6.42. The maximum Gasteiger partial charge on any atom is 0.270 e. The van der Waals surface area contributed by atoms with E-state index in [2.05, 4.69) is 30.9 Å². The standard InChI is InChI=1S/C30H30N4O3S/c1-21-11-12-26(17-22(21)2)32-20-24(29(35)33(30(32)38)25-9-5-3-6-10-25)18-23-19-27(34(36)37)13-14-28(23)31-15-7-4-8-16-31/h3,5-6,9-14,17-19H,4,7-8,15-16,20H2,1-2H3/b24-18+. The van der Waals surface area contributed by atoms with Crippen molar-refractivity contribution in [2.45, 2.75) is 33.1 Å². The number of hydrogen-bond donors (Lipinski definition) is 0. The highest BCUT2D eigenvalue weighted by molar-refractivity contribution is 7.81. The van der Waals surface area contributed by atoms with Gasteiger partial charge in [0, 0.05) is 47.7 Å². The van der Waals surface area contributed by atoms with Crippen LogP contribution < -0.4 is 14.7 Å². The molecular formula is C30H30N4O3S. The Hall–Kier alpha value is -4.04. The lowest BCUT2D eigenvalue weighted by Crippen LogP contribution is -2.54. The van der Waals surface area contributed by atoms with Crippen molar-refractivity contribution >= 4 is 52.1 Å². The van der Waals surface area contributed by atoms with Crippen LogP contribution in [0.3, 0.4) is 0 Å². The van der Waals surface area contributed by atoms with Gasteiger partial charge in [-0.25, -0.2) is 0 Å². The molecule has 3 aromatic rings. The molecule has 0 unspecified atom stereocenters. The topological polar surface area (TPSA) is 69.9 Å². The van der Waals surface area contributed by atoms with Crippen LogP contribution in [0, 0.1) is 24.0 Å². The van der Waals surface area contributed by atoms with Crippen molar-refractivity contribution in [3.63, 3.8) is 0 Å². The first kappa shape index (κ1) is 25.6. The highest BCUT2D eigenvalue weighted by Gasteiger charge is 2.35. The molecule has 0 aromatic heterocycles. The second-order valence-electron chi connectivity index (χ2n) is 9.83. The fraction of sp³-hybridized carbons (Fsp3) is 0.267. The molecule has 0 radical (unpaired) electrons. The van der Waals surface area contributed by atoms with Gasteiger partial charge >= 0.3 is 0 Å². The van der Waals surface area contributed by atoms with Gasteiger partial charge in [0.25, 0.3) is 11.6 Å². The normalized spacial score (nSPS) is 17.3. The Kier molecular flexibility index (Phi) is 7.24. The molecule has 0 aliphatic carbocycles. The number of nitrogens with zero attached hydrogens (tertiary/aromatic N) is 4. The Bertz CT molecular complexity index is 1430. The van der Waals surface area contributed by atoms with Gasteiger partial charge in [0.1, 0.15) is 0 Å². The molecule has 2 saturated heterocycles. The molecule has 5 rings (SSSR count). The van der Waals surface area contributed by atoms with Gasteiger partial charge in [-0.2, -0.15) is 0 Å². The number of hydrogen-bond acceptors (Lipinski definition) is 5. The largest absolute Gasteiger partial charge is 0.371 e. The smallest absolute Gasteiger partial charge is 0.270 e. The number of amides is 1. The molecule has 2 fully saturated rings. The van der Waals surface area contributed by atoms with E-state index in [4.69, 9.17) is 12.2 Å². The van der Waals surface area contributed by atoms with Gasteiger partial charge in [0.2, 0.25) is 0 Å². The van der Waals surface area contributed by atoms with Crippen LogP contribution in [0.1, 0.15) is 36.0 Å². The molecule has 3 aromatic carbocycles. The average molecular weight is 527 g/mol. The van der Waals surface area contributed by atoms with Crippen molar-refractivity contribution in [2.75, 3.05) is 34.3 Å². The van der Waals surface area contributed by atoms with Crippen LogP contribution in [0.4, 0.5) is 22.7 Å². The summed E-state index contributed by atoms with van der Waals surface area (Å²) in [5.41, 5.74) is 5.97. The van der Waals surface area contributed by atoms with E-state index in [1.807, 2.05) is 53.4 Å². The van der Waals surface area contributed by atoms with E-state index >= 15 is 0 Å². The molecule has 0 spiro atoms. The third kappa shape index (κ3) is 5.04. The maximum atomic E-state index is 13.9. The van der Waals surface area contributed by atoms with Crippen LogP contribution in [0.2, 0.25) is 0 Å². The number of piperidine rings is 1. The number of aryl methyl sites for hydroxylation is 2. The quantitative estimate of drug-likeness (QED) is 0.165. The SMILES string of the molecule is Cc1ccc(N2C/C(=C\c3cc([N+](=O)[O-])ccc3N3CCCCC3)C(=O)N(c3ccccc3)C2=S)cc1C. The number of nitro groups is 1. The van der Waals surface area contributed by atoms with Gasteiger partial charge in [0.15, 0.2) is 5.11 Å². The number of carbonyl (C=O) groups is 1. The van der Waals surface area contributed by atoms with Gasteiger partial charge in [-0.15, -0.1) is 0 Å². The highest BCUT2D eigenvalue weighted by Crippen LogP contribution is 2.33. The zero-order valence-electron chi connectivity index (χ0n) is 21.6. The molecule has 1 amide bonds. The van der Waals surface area contributed by atoms with E-state index in [0.29, 0.717) is 21.9 Å². The first-order valence-corrected chi connectivity index (χ1v) is 13.3. The summed E-state index contributed by atoms with van der Waals surface area (Å²) >= 11 is 5.87. The lowest BCUT2D eigenvalue weighted by molar-refractivity contribution is -0.384. The van der Waals surface area contributed by atoms with E-state index in [1.54, 1.807) is 17.0 Å². The summed E-state index contributed by atoms with van der Waals surface area (Å²) in [4.78, 5) is 31.0. The Morgan fingerprint density at radius 2 is 1.63 bits per heavy atom. The molecule has 194 valence electrons. The van der Waals surface area contributed by atoms with Crippen molar-refractivity contribution in [3.8, 4) is 0 Å². The molecule has 0 saturated carbocycles. The maximum absolute atomic E-state index is 13.9. The number of benzene rings is 3. The molecule has 0 N–H and O–H groups in total. The Balaban J connectivity index is 1.64. The minimum absolute atomic E-state index is 0.00215. The molecule has 0 atom stereocenters. The Labute approximate surface area is 228 Å². The number of thiocarbonyl (C=S) groups is 1. The number of anilines is 3. The highest BCUT2D eigenvalue weighted by atomic mass is 32.1. The first-order chi connectivity index (χ1) is 18.3. The summed E-state index contributed by atoms with van der Waals surface area (Å²) in [6.45, 7) is 6.15. The molecule has 8 heteroatoms. The van der Waals surface area contributed by atoms with Gasteiger partial charge in [-0.05, 0) is 92.9 Å². The number of nitro benzene ring substituents is 1. The first-order valence-electron chi connectivity index (χ1n) is 12.9. The van der Waals surface area contributed by atoms with Crippen LogP contribution in [0.5, 0.6) is 0 Å². The van der Waals surface area contributed by atoms with Gasteiger partial charge in [-0.3, -0.25) is 19.8 Å². The second-order valence-corrected chi connectivity index (χ2v) is 10.2. The molecule has 38 heavy (non-hydrogen) atoms. The third-order valence-electron chi connectivity index (χ3n) is 7.29. The number of para-hydroxylation sites is 1. The number of non-ortho nitro benzene ring substituents is 1. The fourth-order valence-electron chi connectivity index (χ4n) is 5.05. The zero-order chi connectivity index (χ0) is 26.8. The van der Waals surface area contributed by atoms with Gasteiger partial charge in [-0.1, -0.05) is 24.3 Å². The monoisotopic (exact) mass is 526 g/mol. The van der Waals surface area contributed by atoms with Crippen molar-refractivity contribution in [1.82, 2.24) is 0 Å². The van der Waals surface area contributed by atoms with Crippen LogP contribution in [0.25, 0.3) is 6.08 Å². The molecule has 0 bridgehead atoms. The summed E-state index contributed by atoms with van der Waals surface area (Å²) in [6, 6.07) is 20.4. The van der Waals surface area contributed by atoms with Crippen molar-refractivity contribution in [2.24, 2.45) is 0 Å². The van der Waals surface area contributed by atoms with Crippen LogP contribution >= 0.6 is 12.2 Å². The number of rotatable bonds is 5. The fourth-order valence-corrected chi connectivity index (χ4v) is 5.40. The van der Waals surface area contributed by atoms with Crippen molar-refractivity contribution < 1.29 is 9.72 Å². The summed E-state index contributed by atoms with van der Waals surface area (Å²) in [5, 5.41) is 12.0. The van der Waals surface area contributed by atoms with Crippen molar-refractivity contribution in [1.29, 1.82) is 0 Å². The molecular weight excluding hydrogens is 496 g/mol. The van der Waals surface area contributed by atoms with Crippen LogP contribution in [-0.4, -0.2) is 35.6 Å². The summed E-state index contributed by atoms with van der Waals surface area (Å²) < 4.78 is 0. The molecule has 2 aliphatic rings. The Morgan fingerprint density at radius 1 is 0.895 bits per heavy atom. The lowest BCUT2D eigenvalue weighted by Gasteiger charge is -2.38. The molecule has 2 heterocycles. The summed E-state index contributed by atoms with van der Waals surface area (Å²) in [5.74, 6) is -0.225. The average Bonchev–Trinajstić information content (AvgIpc) is 2.93. The lowest BCUT2D eigenvalue weighted by atomic mass is 10.0. The van der Waals surface area contributed by atoms with Crippen LogP contribution in [0.15, 0.2) is 72.3 Å². The summed E-state index contributed by atoms with van der Waals surface area (Å²) in [7, 11) is 0. The summed E-state index contributed by atoms with van der Waals surface area (Å²) in [6.07, 6.45) is 5.13. The number of carbonyl (C=O) groups excluding carboxylic acids is 1. The van der Waals surface area contributed by atoms with E-state index in [-0.39, 0.29) is 18.1 Å². The predicted molar refractivity (Wildman–Crippen MR) is 157 cm³/mol. The van der Waals surface area contributed by atoms with Crippen molar-refractivity contribution in [3.05, 3.63) is 99.1 Å².